The van der Waals surface area contributed by atoms with Gasteiger partial charge < -0.3 is 9.67 Å². The normalized spacial score (nSPS) is 14.0. The van der Waals surface area contributed by atoms with E-state index in [0.717, 1.165) is 0 Å². The maximum atomic E-state index is 11.6. The lowest BCUT2D eigenvalue weighted by Crippen LogP contribution is -2.34. The lowest BCUT2D eigenvalue weighted by Gasteiger charge is -2.29. The van der Waals surface area contributed by atoms with Gasteiger partial charge in [0.25, 0.3) is 0 Å². The van der Waals surface area contributed by atoms with E-state index in [1.54, 1.807) is 30.8 Å². The van der Waals surface area contributed by atoms with Crippen LogP contribution in [0.1, 0.15) is 33.4 Å². The molecule has 1 aromatic rings. The summed E-state index contributed by atoms with van der Waals surface area (Å²) in [4.78, 5) is 11.6. The Morgan fingerprint density at radius 1 is 1.43 bits per heavy atom. The first-order chi connectivity index (χ1) is 6.50. The molecule has 0 spiro atoms. The van der Waals surface area contributed by atoms with Crippen molar-refractivity contribution in [3.63, 3.8) is 0 Å². The lowest BCUT2D eigenvalue weighted by atomic mass is 9.84. The van der Waals surface area contributed by atoms with Gasteiger partial charge in [0.05, 0.1) is 5.41 Å². The van der Waals surface area contributed by atoms with Gasteiger partial charge in [-0.05, 0) is 26.0 Å². The second kappa shape index (κ2) is 3.96. The Morgan fingerprint density at radius 3 is 2.36 bits per heavy atom. The second-order valence-corrected chi connectivity index (χ2v) is 4.00. The summed E-state index contributed by atoms with van der Waals surface area (Å²) in [5, 5.41) is 9.98. The zero-order valence-corrected chi connectivity index (χ0v) is 8.90. The zero-order chi connectivity index (χ0) is 10.8. The standard InChI is InChI=1S/C11H17NO2/c1-4-9(13)11(2,3)10(14)12-7-5-6-8-12/h5-8,10,14H,4H2,1-3H3. The van der Waals surface area contributed by atoms with Crippen LogP contribution in [-0.2, 0) is 4.79 Å². The van der Waals surface area contributed by atoms with Gasteiger partial charge in [0, 0.05) is 18.8 Å². The number of ketones is 1. The van der Waals surface area contributed by atoms with E-state index in [-0.39, 0.29) is 5.78 Å². The topological polar surface area (TPSA) is 42.2 Å². The van der Waals surface area contributed by atoms with Crippen LogP contribution in [0.4, 0.5) is 0 Å². The van der Waals surface area contributed by atoms with Gasteiger partial charge in [-0.25, -0.2) is 0 Å². The molecule has 1 aromatic heterocycles. The number of Topliss-reactive ketones (excluding diaryl/α,β-unsaturated/α-hetero) is 1. The number of carbonyl (C=O) groups is 1. The minimum atomic E-state index is -0.787. The Bertz CT molecular complexity index is 301. The van der Waals surface area contributed by atoms with Crippen molar-refractivity contribution < 1.29 is 9.90 Å². The van der Waals surface area contributed by atoms with E-state index in [1.807, 2.05) is 19.1 Å². The molecule has 78 valence electrons. The summed E-state index contributed by atoms with van der Waals surface area (Å²) in [6.07, 6.45) is 3.18. The second-order valence-electron chi connectivity index (χ2n) is 4.00. The molecule has 0 saturated heterocycles. The molecular formula is C11H17NO2. The van der Waals surface area contributed by atoms with Gasteiger partial charge in [0.1, 0.15) is 12.0 Å². The molecule has 0 radical (unpaired) electrons. The fraction of sp³-hybridized carbons (Fsp3) is 0.545. The summed E-state index contributed by atoms with van der Waals surface area (Å²) < 4.78 is 1.65. The first-order valence-electron chi connectivity index (χ1n) is 4.84. The van der Waals surface area contributed by atoms with Crippen LogP contribution in [0.3, 0.4) is 0 Å². The fourth-order valence-corrected chi connectivity index (χ4v) is 1.48. The molecule has 1 heterocycles. The van der Waals surface area contributed by atoms with Crippen molar-refractivity contribution in [2.24, 2.45) is 5.41 Å². The number of hydrogen-bond acceptors (Lipinski definition) is 2. The molecule has 14 heavy (non-hydrogen) atoms. The highest BCUT2D eigenvalue weighted by molar-refractivity contribution is 5.84. The SMILES string of the molecule is CCC(=O)C(C)(C)C(O)n1cccc1. The van der Waals surface area contributed by atoms with E-state index in [2.05, 4.69) is 0 Å². The minimum absolute atomic E-state index is 0.0682. The van der Waals surface area contributed by atoms with Gasteiger partial charge in [-0.1, -0.05) is 6.92 Å². The van der Waals surface area contributed by atoms with Gasteiger partial charge in [-0.2, -0.15) is 0 Å². The number of aromatic nitrogens is 1. The highest BCUT2D eigenvalue weighted by Crippen LogP contribution is 2.30. The predicted octanol–water partition coefficient (Wildman–Crippen LogP) is 1.98. The highest BCUT2D eigenvalue weighted by Gasteiger charge is 2.34. The number of aliphatic hydroxyl groups excluding tert-OH is 1. The van der Waals surface area contributed by atoms with Gasteiger partial charge in [-0.3, -0.25) is 4.79 Å². The highest BCUT2D eigenvalue weighted by atomic mass is 16.3. The quantitative estimate of drug-likeness (QED) is 0.798. The van der Waals surface area contributed by atoms with Crippen LogP contribution in [0.5, 0.6) is 0 Å². The maximum Gasteiger partial charge on any atom is 0.142 e. The molecule has 1 atom stereocenters. The Hall–Kier alpha value is -1.09. The van der Waals surface area contributed by atoms with E-state index in [4.69, 9.17) is 0 Å². The number of hydrogen-bond donors (Lipinski definition) is 1. The summed E-state index contributed by atoms with van der Waals surface area (Å²) in [7, 11) is 0. The first-order valence-corrected chi connectivity index (χ1v) is 4.84. The van der Waals surface area contributed by atoms with Crippen molar-refractivity contribution >= 4 is 5.78 Å². The summed E-state index contributed by atoms with van der Waals surface area (Å²) in [5.41, 5.74) is -0.728. The Kier molecular flexibility index (Phi) is 3.11. The Balaban J connectivity index is 2.88. The van der Waals surface area contributed by atoms with Gasteiger partial charge >= 0.3 is 0 Å². The molecule has 0 aliphatic carbocycles. The third-order valence-corrected chi connectivity index (χ3v) is 2.60. The van der Waals surface area contributed by atoms with E-state index >= 15 is 0 Å². The monoisotopic (exact) mass is 195 g/mol. The molecule has 0 saturated carbocycles. The molecule has 1 rings (SSSR count). The molecule has 3 heteroatoms. The maximum absolute atomic E-state index is 11.6. The van der Waals surface area contributed by atoms with E-state index < -0.39 is 11.6 Å². The third kappa shape index (κ3) is 1.87. The van der Waals surface area contributed by atoms with Crippen molar-refractivity contribution in [3.8, 4) is 0 Å². The molecule has 3 nitrogen and oxygen atoms in total. The van der Waals surface area contributed by atoms with Crippen LogP contribution in [0, 0.1) is 5.41 Å². The number of aliphatic hydroxyl groups is 1. The predicted molar refractivity (Wildman–Crippen MR) is 54.8 cm³/mol. The van der Waals surface area contributed by atoms with Crippen LogP contribution in [-0.4, -0.2) is 15.5 Å². The summed E-state index contributed by atoms with van der Waals surface area (Å²) in [6.45, 7) is 5.35. The fourth-order valence-electron chi connectivity index (χ4n) is 1.48. The molecule has 1 N–H and O–H groups in total. The average Bonchev–Trinajstić information content (AvgIpc) is 2.67. The number of nitrogens with zero attached hydrogens (tertiary/aromatic N) is 1. The molecule has 0 aliphatic rings. The molecule has 0 aliphatic heterocycles. The van der Waals surface area contributed by atoms with Crippen LogP contribution >= 0.6 is 0 Å². The first kappa shape index (κ1) is 11.0. The Labute approximate surface area is 84.4 Å². The summed E-state index contributed by atoms with van der Waals surface area (Å²) >= 11 is 0. The van der Waals surface area contributed by atoms with Crippen molar-refractivity contribution in [2.75, 3.05) is 0 Å². The van der Waals surface area contributed by atoms with Crippen LogP contribution in [0.2, 0.25) is 0 Å². The largest absolute Gasteiger partial charge is 0.372 e. The van der Waals surface area contributed by atoms with Gasteiger partial charge in [-0.15, -0.1) is 0 Å². The molecule has 0 fully saturated rings. The summed E-state index contributed by atoms with van der Waals surface area (Å²) in [5.74, 6) is 0.0682. The van der Waals surface area contributed by atoms with E-state index in [1.165, 1.54) is 0 Å². The summed E-state index contributed by atoms with van der Waals surface area (Å²) in [6, 6.07) is 3.66. The van der Waals surface area contributed by atoms with Crippen molar-refractivity contribution in [1.29, 1.82) is 0 Å². The van der Waals surface area contributed by atoms with Crippen molar-refractivity contribution in [2.45, 2.75) is 33.4 Å². The number of rotatable bonds is 4. The van der Waals surface area contributed by atoms with Crippen LogP contribution in [0.25, 0.3) is 0 Å². The minimum Gasteiger partial charge on any atom is -0.372 e. The molecule has 0 aromatic carbocycles. The number of carbonyl (C=O) groups excluding carboxylic acids is 1. The van der Waals surface area contributed by atoms with Crippen LogP contribution in [0.15, 0.2) is 24.5 Å². The lowest BCUT2D eigenvalue weighted by molar-refractivity contribution is -0.137. The zero-order valence-electron chi connectivity index (χ0n) is 8.90. The van der Waals surface area contributed by atoms with E-state index in [0.29, 0.717) is 6.42 Å². The van der Waals surface area contributed by atoms with E-state index in [9.17, 15) is 9.90 Å². The molecule has 1 unspecified atom stereocenters. The van der Waals surface area contributed by atoms with Crippen molar-refractivity contribution in [3.05, 3.63) is 24.5 Å². The molecular weight excluding hydrogens is 178 g/mol. The third-order valence-electron chi connectivity index (χ3n) is 2.60. The smallest absolute Gasteiger partial charge is 0.142 e. The van der Waals surface area contributed by atoms with Gasteiger partial charge in [0.2, 0.25) is 0 Å². The molecule has 0 amide bonds. The average molecular weight is 195 g/mol. The van der Waals surface area contributed by atoms with Gasteiger partial charge in [0.15, 0.2) is 0 Å². The Morgan fingerprint density at radius 2 is 1.93 bits per heavy atom. The van der Waals surface area contributed by atoms with Crippen LogP contribution < -0.4 is 0 Å². The molecule has 0 bridgehead atoms. The van der Waals surface area contributed by atoms with Crippen molar-refractivity contribution in [1.82, 2.24) is 4.57 Å².